The van der Waals surface area contributed by atoms with Gasteiger partial charge in [-0.05, 0) is 19.9 Å². The highest BCUT2D eigenvalue weighted by molar-refractivity contribution is 4.89. The molecule has 2 aliphatic rings. The summed E-state index contributed by atoms with van der Waals surface area (Å²) >= 11 is 0. The first-order valence-corrected chi connectivity index (χ1v) is 6.41. The Morgan fingerprint density at radius 2 is 1.80 bits per heavy atom. The molecule has 0 aromatic rings. The van der Waals surface area contributed by atoms with Gasteiger partial charge < -0.3 is 4.90 Å². The maximum absolute atomic E-state index is 2.66. The molecule has 2 rings (SSSR count). The van der Waals surface area contributed by atoms with Crippen molar-refractivity contribution >= 4 is 0 Å². The number of likely N-dealkylation sites (tertiary alicyclic amines) is 1. The molecule has 0 aromatic heterocycles. The van der Waals surface area contributed by atoms with Crippen LogP contribution < -0.4 is 0 Å². The smallest absolute Gasteiger partial charge is 0.0513 e. The molecule has 0 aromatic carbocycles. The standard InChI is InChI=1S/C12H25N3/c1-4-11(5-2)14-6-7-15(10-14)12-8-13(3)9-12/h11-12H,4-10H2,1-3H3. The molecule has 0 amide bonds. The second-order valence-corrected chi connectivity index (χ2v) is 5.11. The van der Waals surface area contributed by atoms with E-state index in [1.807, 2.05) is 0 Å². The van der Waals surface area contributed by atoms with Gasteiger partial charge in [-0.2, -0.15) is 0 Å². The Hall–Kier alpha value is -0.120. The summed E-state index contributed by atoms with van der Waals surface area (Å²) < 4.78 is 0. The predicted molar refractivity (Wildman–Crippen MR) is 63.9 cm³/mol. The van der Waals surface area contributed by atoms with Crippen molar-refractivity contribution < 1.29 is 0 Å². The van der Waals surface area contributed by atoms with E-state index < -0.39 is 0 Å². The lowest BCUT2D eigenvalue weighted by atomic mass is 10.1. The van der Waals surface area contributed by atoms with Crippen LogP contribution in [0.25, 0.3) is 0 Å². The van der Waals surface area contributed by atoms with Gasteiger partial charge in [0.05, 0.1) is 6.67 Å². The molecular formula is C12H25N3. The third-order valence-corrected chi connectivity index (χ3v) is 4.06. The van der Waals surface area contributed by atoms with E-state index in [2.05, 4.69) is 35.6 Å². The largest absolute Gasteiger partial charge is 0.303 e. The van der Waals surface area contributed by atoms with Crippen LogP contribution in [0.2, 0.25) is 0 Å². The van der Waals surface area contributed by atoms with Crippen molar-refractivity contribution in [3.63, 3.8) is 0 Å². The molecule has 0 atom stereocenters. The van der Waals surface area contributed by atoms with Crippen LogP contribution in [-0.4, -0.2) is 66.7 Å². The second kappa shape index (κ2) is 4.81. The first kappa shape index (κ1) is 11.4. The average Bonchev–Trinajstić information content (AvgIpc) is 2.64. The summed E-state index contributed by atoms with van der Waals surface area (Å²) in [6, 6.07) is 1.65. The number of rotatable bonds is 4. The van der Waals surface area contributed by atoms with Gasteiger partial charge in [0.1, 0.15) is 0 Å². The van der Waals surface area contributed by atoms with E-state index in [4.69, 9.17) is 0 Å². The molecule has 0 unspecified atom stereocenters. The second-order valence-electron chi connectivity index (χ2n) is 5.11. The molecule has 3 heteroatoms. The first-order valence-electron chi connectivity index (χ1n) is 6.41. The topological polar surface area (TPSA) is 9.72 Å². The Balaban J connectivity index is 1.79. The van der Waals surface area contributed by atoms with Crippen LogP contribution >= 0.6 is 0 Å². The minimum absolute atomic E-state index is 0.813. The Kier molecular flexibility index (Phi) is 3.65. The summed E-state index contributed by atoms with van der Waals surface area (Å²) in [6.45, 7) is 11.0. The van der Waals surface area contributed by atoms with Crippen molar-refractivity contribution in [1.82, 2.24) is 14.7 Å². The Bertz CT molecular complexity index is 197. The van der Waals surface area contributed by atoms with Crippen LogP contribution in [0.1, 0.15) is 26.7 Å². The van der Waals surface area contributed by atoms with Crippen LogP contribution in [0, 0.1) is 0 Å². The quantitative estimate of drug-likeness (QED) is 0.688. The van der Waals surface area contributed by atoms with E-state index in [1.54, 1.807) is 0 Å². The summed E-state index contributed by atoms with van der Waals surface area (Å²) in [5.74, 6) is 0. The Morgan fingerprint density at radius 3 is 2.33 bits per heavy atom. The number of nitrogens with zero attached hydrogens (tertiary/aromatic N) is 3. The number of likely N-dealkylation sites (N-methyl/N-ethyl adjacent to an activating group) is 1. The fraction of sp³-hybridized carbons (Fsp3) is 1.00. The predicted octanol–water partition coefficient (Wildman–Crippen LogP) is 1.06. The van der Waals surface area contributed by atoms with E-state index in [-0.39, 0.29) is 0 Å². The summed E-state index contributed by atoms with van der Waals surface area (Å²) in [5.41, 5.74) is 0. The number of hydrogen-bond donors (Lipinski definition) is 0. The van der Waals surface area contributed by atoms with Crippen molar-refractivity contribution in [2.75, 3.05) is 39.9 Å². The molecule has 0 radical (unpaired) electrons. The average molecular weight is 211 g/mol. The van der Waals surface area contributed by atoms with E-state index in [0.29, 0.717) is 0 Å². The molecule has 0 bridgehead atoms. The van der Waals surface area contributed by atoms with Gasteiger partial charge in [-0.25, -0.2) is 0 Å². The zero-order valence-electron chi connectivity index (χ0n) is 10.4. The first-order chi connectivity index (χ1) is 7.24. The Morgan fingerprint density at radius 1 is 1.13 bits per heavy atom. The molecule has 0 aliphatic carbocycles. The Labute approximate surface area is 94.0 Å². The van der Waals surface area contributed by atoms with Crippen LogP contribution in [0.4, 0.5) is 0 Å². The lowest BCUT2D eigenvalue weighted by Gasteiger charge is -2.42. The van der Waals surface area contributed by atoms with E-state index in [9.17, 15) is 0 Å². The lowest BCUT2D eigenvalue weighted by Crippen LogP contribution is -2.57. The molecule has 0 saturated carbocycles. The monoisotopic (exact) mass is 211 g/mol. The maximum atomic E-state index is 2.66. The number of hydrogen-bond acceptors (Lipinski definition) is 3. The van der Waals surface area contributed by atoms with Crippen molar-refractivity contribution in [2.24, 2.45) is 0 Å². The highest BCUT2D eigenvalue weighted by atomic mass is 15.4. The van der Waals surface area contributed by atoms with Crippen molar-refractivity contribution in [1.29, 1.82) is 0 Å². The van der Waals surface area contributed by atoms with Crippen molar-refractivity contribution in [2.45, 2.75) is 38.8 Å². The normalized spacial score (nSPS) is 26.4. The van der Waals surface area contributed by atoms with Gasteiger partial charge in [0.15, 0.2) is 0 Å². The van der Waals surface area contributed by atoms with Gasteiger partial charge >= 0.3 is 0 Å². The van der Waals surface area contributed by atoms with Crippen LogP contribution in [-0.2, 0) is 0 Å². The summed E-state index contributed by atoms with van der Waals surface area (Å²) in [7, 11) is 2.21. The van der Waals surface area contributed by atoms with Crippen LogP contribution in [0.15, 0.2) is 0 Å². The summed E-state index contributed by atoms with van der Waals surface area (Å²) in [4.78, 5) is 7.74. The maximum Gasteiger partial charge on any atom is 0.0513 e. The molecule has 2 aliphatic heterocycles. The van der Waals surface area contributed by atoms with Crippen LogP contribution in [0.3, 0.4) is 0 Å². The minimum Gasteiger partial charge on any atom is -0.303 e. The van der Waals surface area contributed by atoms with Gasteiger partial charge in [0, 0.05) is 38.3 Å². The van der Waals surface area contributed by atoms with Crippen molar-refractivity contribution in [3.05, 3.63) is 0 Å². The van der Waals surface area contributed by atoms with Crippen LogP contribution in [0.5, 0.6) is 0 Å². The lowest BCUT2D eigenvalue weighted by molar-refractivity contribution is 0.0510. The van der Waals surface area contributed by atoms with Gasteiger partial charge in [0.2, 0.25) is 0 Å². The van der Waals surface area contributed by atoms with Crippen molar-refractivity contribution in [3.8, 4) is 0 Å². The SMILES string of the molecule is CCC(CC)N1CCN(C2CN(C)C2)C1. The molecule has 2 heterocycles. The molecule has 88 valence electrons. The molecular weight excluding hydrogens is 186 g/mol. The van der Waals surface area contributed by atoms with Gasteiger partial charge in [-0.15, -0.1) is 0 Å². The fourth-order valence-corrected chi connectivity index (χ4v) is 2.93. The molecule has 2 fully saturated rings. The van der Waals surface area contributed by atoms with E-state index in [1.165, 1.54) is 45.7 Å². The van der Waals surface area contributed by atoms with E-state index in [0.717, 1.165) is 12.1 Å². The minimum atomic E-state index is 0.813. The fourth-order valence-electron chi connectivity index (χ4n) is 2.93. The molecule has 0 N–H and O–H groups in total. The third-order valence-electron chi connectivity index (χ3n) is 4.06. The third kappa shape index (κ3) is 2.35. The molecule has 3 nitrogen and oxygen atoms in total. The highest BCUT2D eigenvalue weighted by Gasteiger charge is 2.34. The van der Waals surface area contributed by atoms with Gasteiger partial charge in [-0.3, -0.25) is 9.80 Å². The summed E-state index contributed by atoms with van der Waals surface area (Å²) in [5, 5.41) is 0. The van der Waals surface area contributed by atoms with E-state index >= 15 is 0 Å². The zero-order chi connectivity index (χ0) is 10.8. The molecule has 0 spiro atoms. The zero-order valence-corrected chi connectivity index (χ0v) is 10.4. The van der Waals surface area contributed by atoms with Gasteiger partial charge in [-0.1, -0.05) is 13.8 Å². The summed E-state index contributed by atoms with van der Waals surface area (Å²) in [6.07, 6.45) is 2.60. The van der Waals surface area contributed by atoms with Gasteiger partial charge in [0.25, 0.3) is 0 Å². The molecule has 2 saturated heterocycles. The molecule has 15 heavy (non-hydrogen) atoms. The highest BCUT2D eigenvalue weighted by Crippen LogP contribution is 2.20.